The van der Waals surface area contributed by atoms with Crippen molar-refractivity contribution in [1.29, 1.82) is 0 Å². The van der Waals surface area contributed by atoms with Crippen LogP contribution >= 0.6 is 0 Å². The predicted octanol–water partition coefficient (Wildman–Crippen LogP) is 3.76. The van der Waals surface area contributed by atoms with Crippen LogP contribution in [0.5, 0.6) is 0 Å². The van der Waals surface area contributed by atoms with E-state index in [2.05, 4.69) is 36.0 Å². The Morgan fingerprint density at radius 1 is 1.20 bits per heavy atom. The molecule has 0 radical (unpaired) electrons. The van der Waals surface area contributed by atoms with Gasteiger partial charge < -0.3 is 9.42 Å². The molecule has 1 aliphatic carbocycles. The van der Waals surface area contributed by atoms with Crippen molar-refractivity contribution < 1.29 is 9.32 Å². The zero-order valence-corrected chi connectivity index (χ0v) is 17.8. The second-order valence-corrected chi connectivity index (χ2v) is 9.81. The summed E-state index contributed by atoms with van der Waals surface area (Å²) in [4.78, 5) is 24.3. The maximum absolute atomic E-state index is 13.6. The van der Waals surface area contributed by atoms with E-state index in [0.29, 0.717) is 36.3 Å². The van der Waals surface area contributed by atoms with Gasteiger partial charge in [0.05, 0.1) is 22.7 Å². The highest BCUT2D eigenvalue weighted by Crippen LogP contribution is 2.41. The van der Waals surface area contributed by atoms with E-state index in [1.54, 1.807) is 12.7 Å². The Labute approximate surface area is 175 Å². The van der Waals surface area contributed by atoms with Gasteiger partial charge in [-0.3, -0.25) is 4.79 Å². The standard InChI is InChI=1S/C22H28N6O2/c1-22(2,3)11-18-19-16(10-17(14-4-5-14)25-20(19)30-26-18)21(29)27-8-6-15(7-9-27)28-13-23-12-24-28/h10,12-15H,4-9,11H2,1-3H3. The number of amides is 1. The minimum Gasteiger partial charge on any atom is -0.338 e. The molecule has 4 heterocycles. The van der Waals surface area contributed by atoms with Gasteiger partial charge in [-0.15, -0.1) is 0 Å². The third-order valence-electron chi connectivity index (χ3n) is 6.02. The number of likely N-dealkylation sites (tertiary alicyclic amines) is 1. The van der Waals surface area contributed by atoms with Crippen molar-refractivity contribution >= 4 is 17.0 Å². The Morgan fingerprint density at radius 2 is 1.97 bits per heavy atom. The summed E-state index contributed by atoms with van der Waals surface area (Å²) in [7, 11) is 0. The summed E-state index contributed by atoms with van der Waals surface area (Å²) in [5.41, 5.74) is 3.02. The highest BCUT2D eigenvalue weighted by atomic mass is 16.5. The number of carbonyl (C=O) groups is 1. The van der Waals surface area contributed by atoms with Gasteiger partial charge in [-0.05, 0) is 43.6 Å². The molecule has 5 rings (SSSR count). The lowest BCUT2D eigenvalue weighted by Crippen LogP contribution is -2.39. The SMILES string of the molecule is CC(C)(C)Cc1noc2nc(C3CC3)cc(C(=O)N3CCC(n4cncn4)CC3)c12. The molecule has 158 valence electrons. The van der Waals surface area contributed by atoms with E-state index in [1.165, 1.54) is 0 Å². The van der Waals surface area contributed by atoms with Crippen LogP contribution in [0.15, 0.2) is 23.2 Å². The molecular weight excluding hydrogens is 380 g/mol. The molecule has 0 bridgehead atoms. The lowest BCUT2D eigenvalue weighted by atomic mass is 9.89. The Hall–Kier alpha value is -2.77. The van der Waals surface area contributed by atoms with E-state index in [-0.39, 0.29) is 11.3 Å². The van der Waals surface area contributed by atoms with Crippen LogP contribution in [0, 0.1) is 5.41 Å². The molecule has 0 atom stereocenters. The number of fused-ring (bicyclic) bond motifs is 1. The van der Waals surface area contributed by atoms with Gasteiger partial charge in [-0.1, -0.05) is 25.9 Å². The van der Waals surface area contributed by atoms with Gasteiger partial charge >= 0.3 is 0 Å². The van der Waals surface area contributed by atoms with E-state index >= 15 is 0 Å². The van der Waals surface area contributed by atoms with Gasteiger partial charge in [0.25, 0.3) is 11.6 Å². The second kappa shape index (κ2) is 7.18. The van der Waals surface area contributed by atoms with Gasteiger partial charge in [0.1, 0.15) is 12.7 Å². The van der Waals surface area contributed by atoms with Gasteiger partial charge in [-0.25, -0.2) is 14.6 Å². The highest BCUT2D eigenvalue weighted by Gasteiger charge is 2.32. The Balaban J connectivity index is 1.46. The average molecular weight is 409 g/mol. The molecule has 0 unspecified atom stereocenters. The molecule has 3 aromatic rings. The van der Waals surface area contributed by atoms with Crippen molar-refractivity contribution in [2.24, 2.45) is 5.41 Å². The zero-order chi connectivity index (χ0) is 20.9. The quantitative estimate of drug-likeness (QED) is 0.653. The molecule has 3 aromatic heterocycles. The van der Waals surface area contributed by atoms with Crippen molar-refractivity contribution in [3.63, 3.8) is 0 Å². The monoisotopic (exact) mass is 408 g/mol. The molecule has 1 aliphatic heterocycles. The number of aromatic nitrogens is 5. The van der Waals surface area contributed by atoms with Gasteiger partial charge in [0, 0.05) is 24.7 Å². The third-order valence-corrected chi connectivity index (χ3v) is 6.02. The summed E-state index contributed by atoms with van der Waals surface area (Å²) in [5, 5.41) is 9.36. The summed E-state index contributed by atoms with van der Waals surface area (Å²) in [6.07, 6.45) is 8.05. The normalized spacial score (nSPS) is 18.3. The molecule has 30 heavy (non-hydrogen) atoms. The summed E-state index contributed by atoms with van der Waals surface area (Å²) in [5.74, 6) is 0.495. The van der Waals surface area contributed by atoms with E-state index < -0.39 is 0 Å². The van der Waals surface area contributed by atoms with Gasteiger partial charge in [0.15, 0.2) is 0 Å². The molecule has 8 heteroatoms. The third kappa shape index (κ3) is 3.70. The van der Waals surface area contributed by atoms with E-state index in [9.17, 15) is 4.79 Å². The van der Waals surface area contributed by atoms with Crippen LogP contribution in [0.25, 0.3) is 11.1 Å². The van der Waals surface area contributed by atoms with Crippen LogP contribution in [-0.4, -0.2) is 48.8 Å². The van der Waals surface area contributed by atoms with Crippen LogP contribution in [-0.2, 0) is 6.42 Å². The summed E-state index contributed by atoms with van der Waals surface area (Å²) in [6, 6.07) is 2.29. The number of rotatable bonds is 4. The lowest BCUT2D eigenvalue weighted by Gasteiger charge is -2.32. The number of nitrogens with zero attached hydrogens (tertiary/aromatic N) is 6. The average Bonchev–Trinajstić information content (AvgIpc) is 3.28. The van der Waals surface area contributed by atoms with Crippen LogP contribution in [0.3, 0.4) is 0 Å². The predicted molar refractivity (Wildman–Crippen MR) is 111 cm³/mol. The van der Waals surface area contributed by atoms with Gasteiger partial charge in [-0.2, -0.15) is 5.10 Å². The molecule has 0 aromatic carbocycles. The van der Waals surface area contributed by atoms with Crippen molar-refractivity contribution in [2.75, 3.05) is 13.1 Å². The Kier molecular flexibility index (Phi) is 4.60. The minimum absolute atomic E-state index is 0.0371. The molecular formula is C22H28N6O2. The first-order valence-electron chi connectivity index (χ1n) is 10.8. The summed E-state index contributed by atoms with van der Waals surface area (Å²) < 4.78 is 7.51. The molecule has 8 nitrogen and oxygen atoms in total. The zero-order valence-electron chi connectivity index (χ0n) is 17.8. The van der Waals surface area contributed by atoms with Crippen LogP contribution in [0.1, 0.15) is 80.2 Å². The highest BCUT2D eigenvalue weighted by molar-refractivity contribution is 6.06. The smallest absolute Gasteiger partial charge is 0.259 e. The van der Waals surface area contributed by atoms with Crippen molar-refractivity contribution in [3.8, 4) is 0 Å². The maximum atomic E-state index is 13.6. The molecule has 2 fully saturated rings. The van der Waals surface area contributed by atoms with E-state index in [0.717, 1.165) is 48.9 Å². The summed E-state index contributed by atoms with van der Waals surface area (Å²) >= 11 is 0. The number of hydrogen-bond acceptors (Lipinski definition) is 6. The lowest BCUT2D eigenvalue weighted by molar-refractivity contribution is 0.0691. The fourth-order valence-electron chi connectivity index (χ4n) is 4.32. The summed E-state index contributed by atoms with van der Waals surface area (Å²) in [6.45, 7) is 7.89. The van der Waals surface area contributed by atoms with Crippen molar-refractivity contribution in [1.82, 2.24) is 29.8 Å². The fourth-order valence-corrected chi connectivity index (χ4v) is 4.32. The first kappa shape index (κ1) is 19.2. The van der Waals surface area contributed by atoms with Crippen molar-refractivity contribution in [2.45, 2.75) is 64.8 Å². The number of hydrogen-bond donors (Lipinski definition) is 0. The molecule has 0 spiro atoms. The number of piperidine rings is 1. The van der Waals surface area contributed by atoms with E-state index in [1.807, 2.05) is 15.6 Å². The molecule has 0 N–H and O–H groups in total. The molecule has 1 amide bonds. The van der Waals surface area contributed by atoms with Gasteiger partial charge in [0.2, 0.25) is 0 Å². The fraction of sp³-hybridized carbons (Fsp3) is 0.591. The first-order valence-corrected chi connectivity index (χ1v) is 10.8. The first-order chi connectivity index (χ1) is 14.4. The molecule has 1 saturated carbocycles. The minimum atomic E-state index is 0.0371. The second-order valence-electron chi connectivity index (χ2n) is 9.81. The van der Waals surface area contributed by atoms with Crippen LogP contribution in [0.4, 0.5) is 0 Å². The Bertz CT molecular complexity index is 1050. The maximum Gasteiger partial charge on any atom is 0.259 e. The van der Waals surface area contributed by atoms with Crippen LogP contribution in [0.2, 0.25) is 0 Å². The topological polar surface area (TPSA) is 89.9 Å². The molecule has 2 aliphatic rings. The Morgan fingerprint density at radius 3 is 2.60 bits per heavy atom. The molecule has 1 saturated heterocycles. The largest absolute Gasteiger partial charge is 0.338 e. The number of pyridine rings is 1. The van der Waals surface area contributed by atoms with Crippen LogP contribution < -0.4 is 0 Å². The van der Waals surface area contributed by atoms with E-state index in [4.69, 9.17) is 9.51 Å². The van der Waals surface area contributed by atoms with Crippen molar-refractivity contribution in [3.05, 3.63) is 35.7 Å². The number of carbonyl (C=O) groups excluding carboxylic acids is 1.